The van der Waals surface area contributed by atoms with Gasteiger partial charge in [0.2, 0.25) is 0 Å². The second-order valence-corrected chi connectivity index (χ2v) is 5.12. The van der Waals surface area contributed by atoms with E-state index in [4.69, 9.17) is 4.74 Å². The smallest absolute Gasteiger partial charge is 0.316 e. The van der Waals surface area contributed by atoms with Crippen LogP contribution in [0.15, 0.2) is 23.1 Å². The van der Waals surface area contributed by atoms with E-state index in [0.717, 1.165) is 4.90 Å². The lowest BCUT2D eigenvalue weighted by Gasteiger charge is -2.08. The summed E-state index contributed by atoms with van der Waals surface area (Å²) in [5.41, 5.74) is 2.52. The lowest BCUT2D eigenvalue weighted by atomic mass is 10.1. The fraction of sp³-hybridized carbons (Fsp3) is 0.462. The quantitative estimate of drug-likeness (QED) is 0.594. The number of benzene rings is 1. The van der Waals surface area contributed by atoms with Crippen molar-refractivity contribution in [3.63, 3.8) is 0 Å². The first-order valence-corrected chi connectivity index (χ1v) is 6.37. The zero-order valence-electron chi connectivity index (χ0n) is 10.2. The first kappa shape index (κ1) is 13.1. The molecule has 0 aliphatic heterocycles. The van der Waals surface area contributed by atoms with Crippen molar-refractivity contribution in [3.8, 4) is 0 Å². The first-order valence-electron chi connectivity index (χ1n) is 5.38. The molecule has 0 atom stereocenters. The molecule has 0 spiro atoms. The fourth-order valence-electron chi connectivity index (χ4n) is 1.24. The monoisotopic (exact) mass is 238 g/mol. The highest BCUT2D eigenvalue weighted by atomic mass is 32.2. The van der Waals surface area contributed by atoms with Gasteiger partial charge in [-0.05, 0) is 51.0 Å². The number of esters is 1. The second kappa shape index (κ2) is 5.94. The number of thioether (sulfide) groups is 1. The Hall–Kier alpha value is -0.960. The third kappa shape index (κ3) is 4.27. The van der Waals surface area contributed by atoms with Crippen LogP contribution in [0, 0.1) is 13.8 Å². The van der Waals surface area contributed by atoms with Gasteiger partial charge in [-0.15, -0.1) is 11.8 Å². The molecule has 2 nitrogen and oxygen atoms in total. The van der Waals surface area contributed by atoms with E-state index in [2.05, 4.69) is 26.0 Å². The molecule has 0 heterocycles. The molecule has 1 rings (SSSR count). The van der Waals surface area contributed by atoms with Crippen LogP contribution in [0.3, 0.4) is 0 Å². The summed E-state index contributed by atoms with van der Waals surface area (Å²) >= 11 is 1.52. The predicted octanol–water partition coefficient (Wildman–Crippen LogP) is 3.35. The average Bonchev–Trinajstić information content (AvgIpc) is 2.19. The Morgan fingerprint density at radius 2 is 2.00 bits per heavy atom. The first-order chi connectivity index (χ1) is 7.49. The van der Waals surface area contributed by atoms with Crippen molar-refractivity contribution >= 4 is 17.7 Å². The highest BCUT2D eigenvalue weighted by Crippen LogP contribution is 2.21. The molecule has 0 unspecified atom stereocenters. The number of hydrogen-bond donors (Lipinski definition) is 0. The highest BCUT2D eigenvalue weighted by Gasteiger charge is 2.06. The van der Waals surface area contributed by atoms with E-state index in [9.17, 15) is 4.79 Å². The van der Waals surface area contributed by atoms with Crippen LogP contribution in [0.1, 0.15) is 25.0 Å². The lowest BCUT2D eigenvalue weighted by molar-refractivity contribution is -0.144. The van der Waals surface area contributed by atoms with Crippen molar-refractivity contribution < 1.29 is 9.53 Å². The molecule has 0 saturated carbocycles. The molecular formula is C13H18O2S. The van der Waals surface area contributed by atoms with E-state index in [-0.39, 0.29) is 12.1 Å². The summed E-state index contributed by atoms with van der Waals surface area (Å²) in [6, 6.07) is 6.21. The molecule has 0 N–H and O–H groups in total. The maximum absolute atomic E-state index is 11.3. The van der Waals surface area contributed by atoms with E-state index in [1.54, 1.807) is 0 Å². The van der Waals surface area contributed by atoms with Gasteiger partial charge in [0, 0.05) is 4.90 Å². The van der Waals surface area contributed by atoms with Crippen molar-refractivity contribution in [2.75, 3.05) is 5.75 Å². The molecule has 16 heavy (non-hydrogen) atoms. The number of carbonyl (C=O) groups excluding carboxylic acids is 1. The van der Waals surface area contributed by atoms with Crippen LogP contribution in [0.2, 0.25) is 0 Å². The van der Waals surface area contributed by atoms with Crippen molar-refractivity contribution in [2.45, 2.75) is 38.7 Å². The molecule has 0 bridgehead atoms. The van der Waals surface area contributed by atoms with Crippen LogP contribution in [-0.2, 0) is 9.53 Å². The third-order valence-corrected chi connectivity index (χ3v) is 3.17. The number of carbonyl (C=O) groups is 1. The molecule has 0 fully saturated rings. The van der Waals surface area contributed by atoms with E-state index < -0.39 is 0 Å². The summed E-state index contributed by atoms with van der Waals surface area (Å²) in [5, 5.41) is 0. The average molecular weight is 238 g/mol. The largest absolute Gasteiger partial charge is 0.462 e. The third-order valence-electron chi connectivity index (χ3n) is 2.20. The van der Waals surface area contributed by atoms with Crippen LogP contribution in [0.4, 0.5) is 0 Å². The van der Waals surface area contributed by atoms with Crippen molar-refractivity contribution in [1.82, 2.24) is 0 Å². The van der Waals surface area contributed by atoms with Crippen molar-refractivity contribution in [3.05, 3.63) is 29.3 Å². The number of ether oxygens (including phenoxy) is 1. The maximum atomic E-state index is 11.3. The number of hydrogen-bond acceptors (Lipinski definition) is 3. The minimum Gasteiger partial charge on any atom is -0.462 e. The van der Waals surface area contributed by atoms with Gasteiger partial charge in [0.1, 0.15) is 0 Å². The molecule has 0 saturated heterocycles. The van der Waals surface area contributed by atoms with Crippen LogP contribution in [0.25, 0.3) is 0 Å². The van der Waals surface area contributed by atoms with Crippen molar-refractivity contribution in [2.24, 2.45) is 0 Å². The van der Waals surface area contributed by atoms with E-state index >= 15 is 0 Å². The normalized spacial score (nSPS) is 10.6. The molecule has 0 aliphatic carbocycles. The Morgan fingerprint density at radius 3 is 2.56 bits per heavy atom. The van der Waals surface area contributed by atoms with Gasteiger partial charge >= 0.3 is 5.97 Å². The summed E-state index contributed by atoms with van der Waals surface area (Å²) in [4.78, 5) is 12.5. The Bertz CT molecular complexity index is 372. The zero-order valence-corrected chi connectivity index (χ0v) is 11.1. The fourth-order valence-corrected chi connectivity index (χ4v) is 2.02. The van der Waals surface area contributed by atoms with Crippen molar-refractivity contribution in [1.29, 1.82) is 0 Å². The molecule has 1 aromatic carbocycles. The Balaban J connectivity index is 2.48. The molecule has 0 aromatic heterocycles. The minimum atomic E-state index is -0.154. The molecule has 3 heteroatoms. The van der Waals surface area contributed by atoms with E-state index in [0.29, 0.717) is 5.75 Å². The molecule has 0 radical (unpaired) electrons. The van der Waals surface area contributed by atoms with Gasteiger partial charge in [0.05, 0.1) is 11.9 Å². The molecule has 88 valence electrons. The van der Waals surface area contributed by atoms with Gasteiger partial charge in [-0.2, -0.15) is 0 Å². The Morgan fingerprint density at radius 1 is 1.31 bits per heavy atom. The summed E-state index contributed by atoms with van der Waals surface area (Å²) in [5.74, 6) is 0.221. The summed E-state index contributed by atoms with van der Waals surface area (Å²) in [6.45, 7) is 7.87. The predicted molar refractivity (Wildman–Crippen MR) is 67.9 cm³/mol. The SMILES string of the molecule is Cc1ccc(SCC(=O)OC(C)C)cc1C. The standard InChI is InChI=1S/C13H18O2S/c1-9(2)15-13(14)8-16-12-6-5-10(3)11(4)7-12/h5-7,9H,8H2,1-4H3. The lowest BCUT2D eigenvalue weighted by Crippen LogP contribution is -2.13. The summed E-state index contributed by atoms with van der Waals surface area (Å²) in [6.07, 6.45) is -0.0344. The highest BCUT2D eigenvalue weighted by molar-refractivity contribution is 8.00. The topological polar surface area (TPSA) is 26.3 Å². The maximum Gasteiger partial charge on any atom is 0.316 e. The molecular weight excluding hydrogens is 220 g/mol. The minimum absolute atomic E-state index is 0.0344. The zero-order chi connectivity index (χ0) is 12.1. The molecule has 0 amide bonds. The number of aryl methyl sites for hydroxylation is 2. The van der Waals surface area contributed by atoms with Gasteiger partial charge in [0.15, 0.2) is 0 Å². The van der Waals surface area contributed by atoms with Crippen LogP contribution in [-0.4, -0.2) is 17.8 Å². The van der Waals surface area contributed by atoms with Gasteiger partial charge in [-0.1, -0.05) is 6.07 Å². The van der Waals surface area contributed by atoms with Crippen LogP contribution < -0.4 is 0 Å². The van der Waals surface area contributed by atoms with Crippen LogP contribution >= 0.6 is 11.8 Å². The molecule has 1 aromatic rings. The van der Waals surface area contributed by atoms with Gasteiger partial charge in [-0.3, -0.25) is 4.79 Å². The Kier molecular flexibility index (Phi) is 4.87. The summed E-state index contributed by atoms with van der Waals surface area (Å²) < 4.78 is 5.07. The van der Waals surface area contributed by atoms with Gasteiger partial charge in [-0.25, -0.2) is 0 Å². The van der Waals surface area contributed by atoms with E-state index in [1.807, 2.05) is 19.9 Å². The summed E-state index contributed by atoms with van der Waals surface area (Å²) in [7, 11) is 0. The van der Waals surface area contributed by atoms with E-state index in [1.165, 1.54) is 22.9 Å². The Labute approximate surface area is 101 Å². The second-order valence-electron chi connectivity index (χ2n) is 4.07. The van der Waals surface area contributed by atoms with Gasteiger partial charge in [0.25, 0.3) is 0 Å². The molecule has 0 aliphatic rings. The van der Waals surface area contributed by atoms with Gasteiger partial charge < -0.3 is 4.74 Å². The van der Waals surface area contributed by atoms with Crippen LogP contribution in [0.5, 0.6) is 0 Å². The number of rotatable bonds is 4.